The summed E-state index contributed by atoms with van der Waals surface area (Å²) in [7, 11) is 0. The van der Waals surface area contributed by atoms with Gasteiger partial charge in [0.25, 0.3) is 0 Å². The average Bonchev–Trinajstić information content (AvgIpc) is 2.78. The molecule has 4 nitrogen and oxygen atoms in total. The number of hydrogen-bond donors (Lipinski definition) is 0. The number of imidazole rings is 1. The first-order chi connectivity index (χ1) is 10.2. The zero-order chi connectivity index (χ0) is 15.7. The van der Waals surface area contributed by atoms with E-state index in [1.807, 2.05) is 0 Å². The first-order valence-corrected chi connectivity index (χ1v) is 9.13. The Bertz CT molecular complexity index is 456. The number of nitriles is 1. The van der Waals surface area contributed by atoms with Gasteiger partial charge in [-0.3, -0.25) is 0 Å². The molecule has 0 fully saturated rings. The van der Waals surface area contributed by atoms with E-state index in [2.05, 4.69) is 63.9 Å². The lowest BCUT2D eigenvalue weighted by molar-refractivity contribution is 0.261. The molecule has 0 radical (unpaired) electrons. The lowest BCUT2D eigenvalue weighted by Crippen LogP contribution is -2.29. The fourth-order valence-electron chi connectivity index (χ4n) is 2.51. The maximum absolute atomic E-state index is 9.19. The van der Waals surface area contributed by atoms with Crippen LogP contribution >= 0.6 is 22.6 Å². The lowest BCUT2D eigenvalue weighted by Gasteiger charge is -2.22. The summed E-state index contributed by atoms with van der Waals surface area (Å²) in [5, 5.41) is 9.19. The van der Waals surface area contributed by atoms with E-state index < -0.39 is 0 Å². The van der Waals surface area contributed by atoms with Crippen molar-refractivity contribution in [1.82, 2.24) is 14.5 Å². The molecule has 0 amide bonds. The highest BCUT2D eigenvalue weighted by molar-refractivity contribution is 14.1. The number of nitrogens with zero attached hydrogens (tertiary/aromatic N) is 4. The molecule has 0 aliphatic carbocycles. The summed E-state index contributed by atoms with van der Waals surface area (Å²) in [4.78, 5) is 7.02. The molecule has 5 heteroatoms. The van der Waals surface area contributed by atoms with Crippen LogP contribution in [0.5, 0.6) is 0 Å². The molecule has 0 saturated carbocycles. The molecule has 1 aromatic heterocycles. The fourth-order valence-corrected chi connectivity index (χ4v) is 3.27. The zero-order valence-electron chi connectivity index (χ0n) is 13.5. The van der Waals surface area contributed by atoms with Gasteiger partial charge in [0.15, 0.2) is 5.69 Å². The molecule has 1 heterocycles. The minimum absolute atomic E-state index is 0.583. The van der Waals surface area contributed by atoms with Crippen molar-refractivity contribution in [2.24, 2.45) is 0 Å². The number of halogens is 1. The normalized spacial score (nSPS) is 11.0. The molecule has 0 aromatic carbocycles. The molecule has 0 bridgehead atoms. The maximum Gasteiger partial charge on any atom is 0.172 e. The van der Waals surface area contributed by atoms with Crippen LogP contribution in [0.15, 0.2) is 0 Å². The van der Waals surface area contributed by atoms with Gasteiger partial charge in [-0.1, -0.05) is 27.2 Å². The smallest absolute Gasteiger partial charge is 0.172 e. The topological polar surface area (TPSA) is 44.9 Å². The molecule has 0 N–H and O–H groups in total. The van der Waals surface area contributed by atoms with Crippen LogP contribution in [0.1, 0.15) is 58.0 Å². The van der Waals surface area contributed by atoms with Crippen molar-refractivity contribution >= 4 is 22.6 Å². The van der Waals surface area contributed by atoms with Crippen molar-refractivity contribution < 1.29 is 0 Å². The van der Waals surface area contributed by atoms with Crippen molar-refractivity contribution in [3.05, 3.63) is 15.2 Å². The van der Waals surface area contributed by atoms with Gasteiger partial charge in [-0.05, 0) is 54.9 Å². The third kappa shape index (κ3) is 5.59. The first kappa shape index (κ1) is 18.4. The van der Waals surface area contributed by atoms with Gasteiger partial charge in [0.05, 0.1) is 0 Å². The van der Waals surface area contributed by atoms with E-state index in [9.17, 15) is 5.26 Å². The molecule has 1 rings (SSSR count). The summed E-state index contributed by atoms with van der Waals surface area (Å²) in [5.74, 6) is 1.07. The monoisotopic (exact) mass is 402 g/mol. The minimum Gasteiger partial charge on any atom is -0.321 e. The van der Waals surface area contributed by atoms with Crippen LogP contribution in [0.3, 0.4) is 0 Å². The molecule has 1 aromatic rings. The van der Waals surface area contributed by atoms with Crippen LogP contribution in [0, 0.1) is 15.0 Å². The van der Waals surface area contributed by atoms with Gasteiger partial charge >= 0.3 is 0 Å². The van der Waals surface area contributed by atoms with Gasteiger partial charge in [-0.15, -0.1) is 0 Å². The van der Waals surface area contributed by atoms with E-state index in [4.69, 9.17) is 0 Å². The second-order valence-corrected chi connectivity index (χ2v) is 6.40. The summed E-state index contributed by atoms with van der Waals surface area (Å²) in [5.41, 5.74) is 0.583. The molecule has 0 saturated heterocycles. The molecule has 0 unspecified atom stereocenters. The Morgan fingerprint density at radius 3 is 2.33 bits per heavy atom. The second kappa shape index (κ2) is 10.2. The predicted octanol–water partition coefficient (Wildman–Crippen LogP) is 3.82. The maximum atomic E-state index is 9.19. The summed E-state index contributed by atoms with van der Waals surface area (Å²) >= 11 is 2.26. The molecule has 0 aliphatic heterocycles. The third-order valence-electron chi connectivity index (χ3n) is 3.56. The van der Waals surface area contributed by atoms with Crippen LogP contribution < -0.4 is 0 Å². The van der Waals surface area contributed by atoms with Crippen molar-refractivity contribution in [2.75, 3.05) is 19.6 Å². The highest BCUT2D eigenvalue weighted by Gasteiger charge is 2.15. The SMILES string of the molecule is CCCCc1nc(C#N)c(I)n1CCN(CCC)CCC. The van der Waals surface area contributed by atoms with E-state index in [0.29, 0.717) is 5.69 Å². The van der Waals surface area contributed by atoms with Crippen molar-refractivity contribution in [1.29, 1.82) is 5.26 Å². The number of hydrogen-bond acceptors (Lipinski definition) is 3. The molecule has 0 spiro atoms. The fraction of sp³-hybridized carbons (Fsp3) is 0.750. The first-order valence-electron chi connectivity index (χ1n) is 8.05. The number of unbranched alkanes of at least 4 members (excludes halogenated alkanes) is 1. The molecule has 0 aliphatic rings. The number of rotatable bonds is 10. The summed E-state index contributed by atoms with van der Waals surface area (Å²) < 4.78 is 3.24. The molecular weight excluding hydrogens is 375 g/mol. The van der Waals surface area contributed by atoms with Crippen LogP contribution in [-0.2, 0) is 13.0 Å². The highest BCUT2D eigenvalue weighted by atomic mass is 127. The van der Waals surface area contributed by atoms with E-state index in [1.54, 1.807) is 0 Å². The minimum atomic E-state index is 0.583. The van der Waals surface area contributed by atoms with Gasteiger partial charge in [-0.2, -0.15) is 5.26 Å². The van der Waals surface area contributed by atoms with Gasteiger partial charge in [0.2, 0.25) is 0 Å². The Balaban J connectivity index is 2.79. The average molecular weight is 402 g/mol. The van der Waals surface area contributed by atoms with Gasteiger partial charge in [0.1, 0.15) is 15.6 Å². The number of aromatic nitrogens is 2. The van der Waals surface area contributed by atoms with Crippen LogP contribution in [0.4, 0.5) is 0 Å². The van der Waals surface area contributed by atoms with Crippen molar-refractivity contribution in [3.8, 4) is 6.07 Å². The molecule has 21 heavy (non-hydrogen) atoms. The van der Waals surface area contributed by atoms with Crippen molar-refractivity contribution in [3.63, 3.8) is 0 Å². The van der Waals surface area contributed by atoms with Crippen LogP contribution in [0.25, 0.3) is 0 Å². The standard InChI is InChI=1S/C16H27IN4/c1-4-7-8-15-19-14(13-18)16(17)21(15)12-11-20(9-5-2)10-6-3/h4-12H2,1-3H3. The Hall–Kier alpha value is -0.610. The van der Waals surface area contributed by atoms with Gasteiger partial charge in [0, 0.05) is 19.5 Å². The third-order valence-corrected chi connectivity index (χ3v) is 4.66. The molecular formula is C16H27IN4. The molecule has 0 atom stereocenters. The Labute approximate surface area is 142 Å². The Morgan fingerprint density at radius 2 is 1.81 bits per heavy atom. The Kier molecular flexibility index (Phi) is 8.93. The Morgan fingerprint density at radius 1 is 1.14 bits per heavy atom. The van der Waals surface area contributed by atoms with Crippen LogP contribution in [-0.4, -0.2) is 34.1 Å². The van der Waals surface area contributed by atoms with Crippen molar-refractivity contribution in [2.45, 2.75) is 59.4 Å². The van der Waals surface area contributed by atoms with E-state index in [0.717, 1.165) is 55.0 Å². The highest BCUT2D eigenvalue weighted by Crippen LogP contribution is 2.16. The van der Waals surface area contributed by atoms with Gasteiger partial charge in [-0.25, -0.2) is 4.98 Å². The second-order valence-electron chi connectivity index (χ2n) is 5.38. The summed E-state index contributed by atoms with van der Waals surface area (Å²) in [6, 6.07) is 2.22. The van der Waals surface area contributed by atoms with E-state index >= 15 is 0 Å². The van der Waals surface area contributed by atoms with Crippen LogP contribution in [0.2, 0.25) is 0 Å². The summed E-state index contributed by atoms with van der Waals surface area (Å²) in [6.45, 7) is 10.9. The lowest BCUT2D eigenvalue weighted by atomic mass is 10.2. The summed E-state index contributed by atoms with van der Waals surface area (Å²) in [6.07, 6.45) is 5.63. The molecule has 118 valence electrons. The number of aryl methyl sites for hydroxylation is 1. The van der Waals surface area contributed by atoms with E-state index in [1.165, 1.54) is 12.8 Å². The van der Waals surface area contributed by atoms with Gasteiger partial charge < -0.3 is 9.47 Å². The van der Waals surface area contributed by atoms with E-state index in [-0.39, 0.29) is 0 Å². The largest absolute Gasteiger partial charge is 0.321 e. The quantitative estimate of drug-likeness (QED) is 0.559. The predicted molar refractivity (Wildman–Crippen MR) is 95.3 cm³/mol. The zero-order valence-corrected chi connectivity index (χ0v) is 15.7.